The monoisotopic (exact) mass is 333 g/mol. The van der Waals surface area contributed by atoms with E-state index in [1.54, 1.807) is 4.90 Å². The van der Waals surface area contributed by atoms with Gasteiger partial charge in [0.25, 0.3) is 0 Å². The number of hydrogen-bond acceptors (Lipinski definition) is 4. The molecule has 1 aromatic carbocycles. The van der Waals surface area contributed by atoms with Gasteiger partial charge in [-0.05, 0) is 51.0 Å². The highest BCUT2D eigenvalue weighted by Crippen LogP contribution is 2.22. The van der Waals surface area contributed by atoms with Crippen LogP contribution in [0, 0.1) is 0 Å². The highest BCUT2D eigenvalue weighted by molar-refractivity contribution is 5.89. The summed E-state index contributed by atoms with van der Waals surface area (Å²) in [5, 5.41) is 12.6. The van der Waals surface area contributed by atoms with Gasteiger partial charge in [-0.3, -0.25) is 0 Å². The van der Waals surface area contributed by atoms with E-state index in [2.05, 4.69) is 24.1 Å². The minimum absolute atomic E-state index is 0.143. The number of carbonyl (C=O) groups excluding carboxylic acids is 1. The average molecular weight is 333 g/mol. The van der Waals surface area contributed by atoms with Gasteiger partial charge >= 0.3 is 6.03 Å². The van der Waals surface area contributed by atoms with E-state index in [-0.39, 0.29) is 18.2 Å². The van der Waals surface area contributed by atoms with Crippen molar-refractivity contribution in [3.05, 3.63) is 24.3 Å². The summed E-state index contributed by atoms with van der Waals surface area (Å²) in [5.41, 5.74) is 1.92. The zero-order valence-corrected chi connectivity index (χ0v) is 14.4. The molecule has 6 nitrogen and oxygen atoms in total. The van der Waals surface area contributed by atoms with Crippen molar-refractivity contribution in [2.24, 2.45) is 0 Å². The second-order valence-corrected chi connectivity index (χ2v) is 6.88. The van der Waals surface area contributed by atoms with Gasteiger partial charge in [0.1, 0.15) is 0 Å². The van der Waals surface area contributed by atoms with Gasteiger partial charge in [-0.1, -0.05) is 0 Å². The molecule has 0 saturated carbocycles. The van der Waals surface area contributed by atoms with E-state index < -0.39 is 6.10 Å². The van der Waals surface area contributed by atoms with Gasteiger partial charge in [-0.15, -0.1) is 0 Å². The Morgan fingerprint density at radius 2 is 1.83 bits per heavy atom. The zero-order chi connectivity index (χ0) is 17.1. The van der Waals surface area contributed by atoms with Gasteiger partial charge in [0, 0.05) is 37.6 Å². The third kappa shape index (κ3) is 4.19. The molecule has 24 heavy (non-hydrogen) atoms. The lowest BCUT2D eigenvalue weighted by Crippen LogP contribution is -2.45. The average Bonchev–Trinajstić information content (AvgIpc) is 2.54. The third-order valence-electron chi connectivity index (χ3n) is 4.59. The first kappa shape index (κ1) is 17.0. The Balaban J connectivity index is 1.59. The van der Waals surface area contributed by atoms with E-state index in [9.17, 15) is 9.90 Å². The molecule has 2 amide bonds. The van der Waals surface area contributed by atoms with Crippen LogP contribution in [0.4, 0.5) is 16.2 Å². The Morgan fingerprint density at radius 3 is 2.46 bits per heavy atom. The largest absolute Gasteiger partial charge is 0.391 e. The minimum atomic E-state index is -0.405. The fourth-order valence-electron chi connectivity index (χ4n) is 3.49. The number of ether oxygens (including phenoxy) is 1. The molecule has 0 bridgehead atoms. The van der Waals surface area contributed by atoms with Gasteiger partial charge in [0.05, 0.1) is 18.3 Å². The number of rotatable bonds is 2. The van der Waals surface area contributed by atoms with Crippen LogP contribution in [0.2, 0.25) is 0 Å². The summed E-state index contributed by atoms with van der Waals surface area (Å²) in [5.74, 6) is 0. The molecule has 0 radical (unpaired) electrons. The number of nitrogens with one attached hydrogen (secondary N) is 1. The fourth-order valence-corrected chi connectivity index (χ4v) is 3.49. The number of nitrogens with zero attached hydrogens (tertiary/aromatic N) is 2. The molecule has 0 spiro atoms. The predicted octanol–water partition coefficient (Wildman–Crippen LogP) is 2.29. The summed E-state index contributed by atoms with van der Waals surface area (Å²) < 4.78 is 5.77. The summed E-state index contributed by atoms with van der Waals surface area (Å²) in [6.07, 6.45) is 1.66. The van der Waals surface area contributed by atoms with E-state index >= 15 is 0 Å². The summed E-state index contributed by atoms with van der Waals surface area (Å²) >= 11 is 0. The molecule has 1 aromatic rings. The van der Waals surface area contributed by atoms with Crippen molar-refractivity contribution in [2.45, 2.75) is 45.0 Å². The second-order valence-electron chi connectivity index (χ2n) is 6.88. The van der Waals surface area contributed by atoms with Crippen LogP contribution in [0.1, 0.15) is 26.7 Å². The fraction of sp³-hybridized carbons (Fsp3) is 0.611. The molecular weight excluding hydrogens is 306 g/mol. The molecule has 0 aromatic heterocycles. The number of anilines is 2. The maximum Gasteiger partial charge on any atom is 0.321 e. The van der Waals surface area contributed by atoms with Crippen molar-refractivity contribution in [3.63, 3.8) is 0 Å². The lowest BCUT2D eigenvalue weighted by molar-refractivity contribution is -0.00521. The zero-order valence-electron chi connectivity index (χ0n) is 14.4. The first-order chi connectivity index (χ1) is 11.5. The predicted molar refractivity (Wildman–Crippen MR) is 94.5 cm³/mol. The summed E-state index contributed by atoms with van der Waals surface area (Å²) in [4.78, 5) is 16.2. The van der Waals surface area contributed by atoms with E-state index in [1.165, 1.54) is 0 Å². The maximum atomic E-state index is 12.3. The van der Waals surface area contributed by atoms with E-state index in [0.29, 0.717) is 13.1 Å². The van der Waals surface area contributed by atoms with Crippen molar-refractivity contribution in [3.8, 4) is 0 Å². The summed E-state index contributed by atoms with van der Waals surface area (Å²) in [6, 6.07) is 7.78. The number of hydrogen-bond donors (Lipinski definition) is 2. The second kappa shape index (κ2) is 7.40. The molecule has 6 heteroatoms. The van der Waals surface area contributed by atoms with Crippen LogP contribution in [-0.4, -0.2) is 60.5 Å². The van der Waals surface area contributed by atoms with E-state index in [0.717, 1.165) is 37.3 Å². The molecule has 3 rings (SSSR count). The number of morpholine rings is 1. The van der Waals surface area contributed by atoms with Gasteiger partial charge in [0.2, 0.25) is 0 Å². The van der Waals surface area contributed by atoms with Crippen LogP contribution in [0.5, 0.6) is 0 Å². The van der Waals surface area contributed by atoms with Gasteiger partial charge in [-0.2, -0.15) is 0 Å². The van der Waals surface area contributed by atoms with Crippen LogP contribution in [-0.2, 0) is 4.74 Å². The Labute approximate surface area is 143 Å². The van der Waals surface area contributed by atoms with Crippen molar-refractivity contribution in [2.75, 3.05) is 36.4 Å². The molecule has 2 aliphatic rings. The number of aliphatic hydroxyl groups excluding tert-OH is 1. The number of urea groups is 1. The normalized spacial score (nSPS) is 27.9. The van der Waals surface area contributed by atoms with Gasteiger partial charge in [0.15, 0.2) is 0 Å². The van der Waals surface area contributed by atoms with E-state index in [1.807, 2.05) is 24.3 Å². The number of aliphatic hydroxyl groups is 1. The van der Waals surface area contributed by atoms with Crippen LogP contribution in [0.3, 0.4) is 0 Å². The van der Waals surface area contributed by atoms with Gasteiger partial charge < -0.3 is 25.0 Å². The smallest absolute Gasteiger partial charge is 0.321 e. The molecule has 3 atom stereocenters. The summed E-state index contributed by atoms with van der Waals surface area (Å²) in [7, 11) is 0. The van der Waals surface area contributed by atoms with Crippen LogP contribution < -0.4 is 10.2 Å². The van der Waals surface area contributed by atoms with Gasteiger partial charge in [-0.25, -0.2) is 4.79 Å². The first-order valence-electron chi connectivity index (χ1n) is 8.75. The van der Waals surface area contributed by atoms with Crippen molar-refractivity contribution < 1.29 is 14.6 Å². The molecule has 2 fully saturated rings. The minimum Gasteiger partial charge on any atom is -0.391 e. The Bertz CT molecular complexity index is 553. The Hall–Kier alpha value is -1.79. The standard InChI is InChI=1S/C18H27N3O3/c1-13-10-21(11-14(2)24-13)16-7-5-15(6-8-16)19-18(23)20-9-3-4-17(22)12-20/h5-8,13-14,17,22H,3-4,9-12H2,1-2H3,(H,19,23)/t13-,14-,17+/m1/s1. The van der Waals surface area contributed by atoms with Crippen molar-refractivity contribution in [1.82, 2.24) is 4.90 Å². The topological polar surface area (TPSA) is 65.0 Å². The van der Waals surface area contributed by atoms with Crippen LogP contribution >= 0.6 is 0 Å². The Kier molecular flexibility index (Phi) is 5.26. The number of likely N-dealkylation sites (tertiary alicyclic amines) is 1. The SMILES string of the molecule is C[C@@H]1CN(c2ccc(NC(=O)N3CCC[C@H](O)C3)cc2)C[C@@H](C)O1. The first-order valence-corrected chi connectivity index (χ1v) is 8.75. The van der Waals surface area contributed by atoms with Crippen molar-refractivity contribution >= 4 is 17.4 Å². The number of benzene rings is 1. The number of β-amino-alcohol motifs (C(OH)–C–C–N with tert-alkyl or cyclic N) is 1. The highest BCUT2D eigenvalue weighted by Gasteiger charge is 2.23. The molecule has 2 aliphatic heterocycles. The molecule has 2 N–H and O–H groups in total. The maximum absolute atomic E-state index is 12.3. The number of amides is 2. The number of carbonyl (C=O) groups is 1. The van der Waals surface area contributed by atoms with Crippen LogP contribution in [0.25, 0.3) is 0 Å². The Morgan fingerprint density at radius 1 is 1.17 bits per heavy atom. The van der Waals surface area contributed by atoms with E-state index in [4.69, 9.17) is 4.74 Å². The quantitative estimate of drug-likeness (QED) is 0.871. The summed E-state index contributed by atoms with van der Waals surface area (Å²) in [6.45, 7) is 7.04. The third-order valence-corrected chi connectivity index (χ3v) is 4.59. The molecule has 0 unspecified atom stereocenters. The highest BCUT2D eigenvalue weighted by atomic mass is 16.5. The molecular formula is C18H27N3O3. The lowest BCUT2D eigenvalue weighted by atomic mass is 10.1. The number of piperidine rings is 1. The molecule has 0 aliphatic carbocycles. The molecule has 2 heterocycles. The lowest BCUT2D eigenvalue weighted by Gasteiger charge is -2.37. The molecule has 132 valence electrons. The van der Waals surface area contributed by atoms with Crippen molar-refractivity contribution in [1.29, 1.82) is 0 Å². The van der Waals surface area contributed by atoms with Crippen LogP contribution in [0.15, 0.2) is 24.3 Å². The molecule has 2 saturated heterocycles.